The molecular formula is C33H33F4N4O11P. The first-order valence-corrected chi connectivity index (χ1v) is 17.0. The summed E-state index contributed by atoms with van der Waals surface area (Å²) in [6.45, 7) is 0. The molecule has 20 heteroatoms. The van der Waals surface area contributed by atoms with Crippen molar-refractivity contribution >= 4 is 43.2 Å². The van der Waals surface area contributed by atoms with E-state index in [4.69, 9.17) is 20.6 Å². The lowest BCUT2D eigenvalue weighted by atomic mass is 9.99. The Hall–Kier alpha value is -5.65. The molecule has 0 heterocycles. The van der Waals surface area contributed by atoms with E-state index in [9.17, 15) is 56.0 Å². The zero-order chi connectivity index (χ0) is 39.7. The first-order valence-electron chi connectivity index (χ1n) is 15.3. The standard InChI is InChI=1S/C33H33F4N4O11P/c34-32(35,31(48)49)21-10-6-19(7-11-21)17-25(41-29(46)23(14-15-26(42)43)39-28(45)20-4-2-1-3-5-20)30(47)40-24(27(38)44)16-18-8-12-22(13-9-18)33(36,37)53(50,51)52/h1-13,23-25H,14-17H2,(H2,38,44)(H,39,45)(H,40,47)(H,41,46)(H,42,43)(H,48,49)(H2,50,51,52)/t23-,24-,25-/m0/s1. The van der Waals surface area contributed by atoms with Crippen LogP contribution in [-0.4, -0.2) is 73.7 Å². The van der Waals surface area contributed by atoms with Crippen LogP contribution in [0.25, 0.3) is 0 Å². The molecule has 284 valence electrons. The van der Waals surface area contributed by atoms with Crippen molar-refractivity contribution < 1.29 is 70.9 Å². The first-order chi connectivity index (χ1) is 24.6. The van der Waals surface area contributed by atoms with Crippen molar-refractivity contribution in [3.8, 4) is 0 Å². The maximum Gasteiger partial charge on any atom is 0.399 e. The van der Waals surface area contributed by atoms with Crippen LogP contribution in [0.15, 0.2) is 78.9 Å². The van der Waals surface area contributed by atoms with E-state index in [-0.39, 0.29) is 16.7 Å². The van der Waals surface area contributed by atoms with Crippen LogP contribution in [0.1, 0.15) is 45.5 Å². The zero-order valence-electron chi connectivity index (χ0n) is 27.2. The number of amides is 4. The second-order valence-corrected chi connectivity index (χ2v) is 13.3. The van der Waals surface area contributed by atoms with Crippen molar-refractivity contribution in [3.63, 3.8) is 0 Å². The number of carboxylic acid groups (broad SMARTS) is 2. The molecule has 0 aliphatic rings. The van der Waals surface area contributed by atoms with Gasteiger partial charge in [0.15, 0.2) is 0 Å². The molecule has 3 rings (SSSR count). The molecule has 3 atom stereocenters. The van der Waals surface area contributed by atoms with Crippen LogP contribution in [0.3, 0.4) is 0 Å². The number of hydrogen-bond donors (Lipinski definition) is 8. The fourth-order valence-corrected chi connectivity index (χ4v) is 5.28. The Morgan fingerprint density at radius 1 is 0.679 bits per heavy atom. The van der Waals surface area contributed by atoms with E-state index in [2.05, 4.69) is 16.0 Å². The summed E-state index contributed by atoms with van der Waals surface area (Å²) in [5.41, 5.74) is -0.729. The lowest BCUT2D eigenvalue weighted by molar-refractivity contribution is -0.166. The smallest absolute Gasteiger partial charge is 0.399 e. The number of nitrogens with two attached hydrogens (primary N) is 1. The molecule has 0 saturated heterocycles. The second-order valence-electron chi connectivity index (χ2n) is 11.6. The van der Waals surface area contributed by atoms with Gasteiger partial charge in [-0.15, -0.1) is 0 Å². The van der Waals surface area contributed by atoms with Gasteiger partial charge in [0.1, 0.15) is 18.1 Å². The molecule has 0 spiro atoms. The van der Waals surface area contributed by atoms with Crippen molar-refractivity contribution in [1.29, 1.82) is 0 Å². The summed E-state index contributed by atoms with van der Waals surface area (Å²) < 4.78 is 67.5. The van der Waals surface area contributed by atoms with Crippen LogP contribution in [-0.2, 0) is 53.0 Å². The molecule has 0 aromatic heterocycles. The normalized spacial score (nSPS) is 13.5. The molecule has 15 nitrogen and oxygen atoms in total. The third-order valence-electron chi connectivity index (χ3n) is 7.73. The largest absolute Gasteiger partial charge is 0.481 e. The van der Waals surface area contributed by atoms with E-state index >= 15 is 0 Å². The Morgan fingerprint density at radius 2 is 1.15 bits per heavy atom. The van der Waals surface area contributed by atoms with Crippen molar-refractivity contribution in [2.45, 2.75) is 55.4 Å². The molecule has 0 aliphatic heterocycles. The van der Waals surface area contributed by atoms with Gasteiger partial charge in [-0.3, -0.25) is 28.5 Å². The van der Waals surface area contributed by atoms with Crippen molar-refractivity contribution in [3.05, 3.63) is 107 Å². The van der Waals surface area contributed by atoms with Gasteiger partial charge in [-0.1, -0.05) is 66.7 Å². The minimum absolute atomic E-state index is 0.0861. The summed E-state index contributed by atoms with van der Waals surface area (Å²) in [6.07, 6.45) is -2.00. The highest BCUT2D eigenvalue weighted by Crippen LogP contribution is 2.59. The summed E-state index contributed by atoms with van der Waals surface area (Å²) in [5.74, 6) is -12.1. The van der Waals surface area contributed by atoms with Gasteiger partial charge in [-0.2, -0.15) is 17.6 Å². The zero-order valence-corrected chi connectivity index (χ0v) is 28.1. The average Bonchev–Trinajstić information content (AvgIpc) is 3.09. The highest BCUT2D eigenvalue weighted by molar-refractivity contribution is 7.52. The van der Waals surface area contributed by atoms with E-state index in [0.717, 1.165) is 36.4 Å². The second kappa shape index (κ2) is 17.2. The van der Waals surface area contributed by atoms with Crippen molar-refractivity contribution in [2.24, 2.45) is 5.73 Å². The molecule has 0 radical (unpaired) electrons. The predicted molar refractivity (Wildman–Crippen MR) is 175 cm³/mol. The van der Waals surface area contributed by atoms with Gasteiger partial charge >= 0.3 is 31.1 Å². The van der Waals surface area contributed by atoms with Gasteiger partial charge in [0, 0.05) is 36.0 Å². The average molecular weight is 769 g/mol. The van der Waals surface area contributed by atoms with Crippen LogP contribution in [0, 0.1) is 0 Å². The van der Waals surface area contributed by atoms with Gasteiger partial charge in [0.25, 0.3) is 5.91 Å². The van der Waals surface area contributed by atoms with Gasteiger partial charge < -0.3 is 41.7 Å². The monoisotopic (exact) mass is 768 g/mol. The van der Waals surface area contributed by atoms with Crippen LogP contribution < -0.4 is 21.7 Å². The van der Waals surface area contributed by atoms with E-state index in [0.29, 0.717) is 12.1 Å². The number of benzene rings is 3. The molecule has 4 amide bonds. The molecule has 0 saturated carbocycles. The van der Waals surface area contributed by atoms with Crippen molar-refractivity contribution in [1.82, 2.24) is 16.0 Å². The number of hydrogen-bond acceptors (Lipinski definition) is 7. The number of nitrogens with one attached hydrogen (secondary N) is 3. The number of carbonyl (C=O) groups excluding carboxylic acids is 4. The lowest BCUT2D eigenvalue weighted by Gasteiger charge is -2.25. The Balaban J connectivity index is 1.92. The molecule has 0 unspecified atom stereocenters. The summed E-state index contributed by atoms with van der Waals surface area (Å²) in [5, 5.41) is 25.1. The van der Waals surface area contributed by atoms with Gasteiger partial charge in [-0.05, 0) is 29.7 Å². The Kier molecular flexibility index (Phi) is 13.6. The minimum atomic E-state index is -5.89. The Labute approximate surface area is 297 Å². The number of rotatable bonds is 18. The fraction of sp³-hybridized carbons (Fsp3) is 0.273. The molecule has 3 aromatic rings. The summed E-state index contributed by atoms with van der Waals surface area (Å²) in [4.78, 5) is 92.6. The molecule has 0 bridgehead atoms. The quantitative estimate of drug-likeness (QED) is 0.0685. The Bertz CT molecular complexity index is 1880. The number of carboxylic acids is 2. The van der Waals surface area contributed by atoms with Crippen molar-refractivity contribution in [2.75, 3.05) is 0 Å². The fourth-order valence-electron chi connectivity index (χ4n) is 4.80. The lowest BCUT2D eigenvalue weighted by Crippen LogP contribution is -2.57. The molecule has 0 aliphatic carbocycles. The highest BCUT2D eigenvalue weighted by atomic mass is 31.2. The maximum absolute atomic E-state index is 14.1. The Morgan fingerprint density at radius 3 is 1.62 bits per heavy atom. The summed E-state index contributed by atoms with van der Waals surface area (Å²) >= 11 is 0. The number of carbonyl (C=O) groups is 6. The van der Waals surface area contributed by atoms with E-state index < -0.39 is 110 Å². The summed E-state index contributed by atoms with van der Waals surface area (Å²) in [6, 6.07) is 9.67. The van der Waals surface area contributed by atoms with E-state index in [1.165, 1.54) is 24.3 Å². The van der Waals surface area contributed by atoms with Gasteiger partial charge in [-0.25, -0.2) is 4.79 Å². The highest BCUT2D eigenvalue weighted by Gasteiger charge is 2.50. The third kappa shape index (κ3) is 11.2. The van der Waals surface area contributed by atoms with Crippen LogP contribution >= 0.6 is 7.60 Å². The number of primary amides is 1. The third-order valence-corrected chi connectivity index (χ3v) is 8.72. The molecule has 0 fully saturated rings. The molecular weight excluding hydrogens is 735 g/mol. The number of halogens is 4. The van der Waals surface area contributed by atoms with Crippen LogP contribution in [0.4, 0.5) is 17.6 Å². The number of aliphatic carboxylic acids is 2. The summed E-state index contributed by atoms with van der Waals surface area (Å²) in [7, 11) is -5.89. The predicted octanol–water partition coefficient (Wildman–Crippen LogP) is 1.99. The van der Waals surface area contributed by atoms with Gasteiger partial charge in [0.05, 0.1) is 0 Å². The topological polar surface area (TPSA) is 263 Å². The van der Waals surface area contributed by atoms with Crippen LogP contribution in [0.5, 0.6) is 0 Å². The van der Waals surface area contributed by atoms with Gasteiger partial charge in [0.2, 0.25) is 17.7 Å². The molecule has 9 N–H and O–H groups in total. The van der Waals surface area contributed by atoms with Crippen LogP contribution in [0.2, 0.25) is 0 Å². The first kappa shape index (κ1) is 41.8. The molecule has 53 heavy (non-hydrogen) atoms. The minimum Gasteiger partial charge on any atom is -0.481 e. The maximum atomic E-state index is 14.1. The van der Waals surface area contributed by atoms with E-state index in [1.807, 2.05) is 0 Å². The van der Waals surface area contributed by atoms with E-state index in [1.54, 1.807) is 6.07 Å². The number of alkyl halides is 4. The molecule has 3 aromatic carbocycles. The SMILES string of the molecule is NC(=O)[C@H](Cc1ccc(C(F)(F)P(=O)(O)O)cc1)NC(=O)[C@H](Cc1ccc(C(F)(F)C(=O)O)cc1)NC(=O)[C@H](CCC(=O)O)NC(=O)c1ccccc1.